The maximum atomic E-state index is 13.2. The second-order valence-corrected chi connectivity index (χ2v) is 4.23. The quantitative estimate of drug-likeness (QED) is 0.765. The summed E-state index contributed by atoms with van der Waals surface area (Å²) in [5.41, 5.74) is 0.878. The van der Waals surface area contributed by atoms with Gasteiger partial charge in [0.15, 0.2) is 5.78 Å². The Labute approximate surface area is 103 Å². The fourth-order valence-corrected chi connectivity index (χ4v) is 2.05. The van der Waals surface area contributed by atoms with Crippen molar-refractivity contribution in [1.29, 1.82) is 0 Å². The van der Waals surface area contributed by atoms with Gasteiger partial charge in [-0.1, -0.05) is 6.92 Å². The number of carbonyl (C=O) groups is 3. The van der Waals surface area contributed by atoms with Gasteiger partial charge >= 0.3 is 0 Å². The molecule has 5 heteroatoms. The number of carbonyl (C=O) groups excluding carboxylic acids is 3. The molecule has 0 fully saturated rings. The van der Waals surface area contributed by atoms with Crippen molar-refractivity contribution in [2.75, 3.05) is 11.4 Å². The molecule has 1 aromatic rings. The van der Waals surface area contributed by atoms with Gasteiger partial charge in [0.2, 0.25) is 0 Å². The van der Waals surface area contributed by atoms with Gasteiger partial charge in [-0.2, -0.15) is 0 Å². The number of amides is 1. The number of hydrogen-bond donors (Lipinski definition) is 0. The molecule has 0 spiro atoms. The van der Waals surface area contributed by atoms with Crippen LogP contribution in [-0.2, 0) is 9.59 Å². The van der Waals surface area contributed by atoms with E-state index in [0.29, 0.717) is 11.3 Å². The zero-order valence-corrected chi connectivity index (χ0v) is 10.1. The molecule has 2 rings (SSSR count). The van der Waals surface area contributed by atoms with Gasteiger partial charge in [-0.3, -0.25) is 19.3 Å². The van der Waals surface area contributed by atoms with Crippen molar-refractivity contribution in [3.05, 3.63) is 29.1 Å². The molecule has 94 valence electrons. The molecule has 1 amide bonds. The number of anilines is 1. The standard InChI is InChI=1S/C13H12FNO3/c1-3-9(16)6-15-11-7(2)4-8(14)5-10(11)12(17)13(15)18/h4-5H,3,6H2,1-2H3. The summed E-state index contributed by atoms with van der Waals surface area (Å²) in [6.45, 7) is 3.15. The van der Waals surface area contributed by atoms with E-state index in [1.807, 2.05) is 0 Å². The lowest BCUT2D eigenvalue weighted by Gasteiger charge is -2.17. The highest BCUT2D eigenvalue weighted by molar-refractivity contribution is 6.52. The maximum absolute atomic E-state index is 13.2. The topological polar surface area (TPSA) is 54.5 Å². The Bertz CT molecular complexity index is 566. The molecule has 0 unspecified atom stereocenters. The molecule has 0 aliphatic carbocycles. The summed E-state index contributed by atoms with van der Waals surface area (Å²) in [7, 11) is 0. The maximum Gasteiger partial charge on any atom is 0.299 e. The van der Waals surface area contributed by atoms with Crippen molar-refractivity contribution in [2.24, 2.45) is 0 Å². The highest BCUT2D eigenvalue weighted by Crippen LogP contribution is 2.33. The van der Waals surface area contributed by atoms with Crippen LogP contribution in [0, 0.1) is 12.7 Å². The van der Waals surface area contributed by atoms with Gasteiger partial charge in [-0.15, -0.1) is 0 Å². The number of nitrogens with zero attached hydrogens (tertiary/aromatic N) is 1. The zero-order valence-electron chi connectivity index (χ0n) is 10.1. The fraction of sp³-hybridized carbons (Fsp3) is 0.308. The van der Waals surface area contributed by atoms with Gasteiger partial charge in [0.1, 0.15) is 5.82 Å². The molecule has 1 heterocycles. The summed E-state index contributed by atoms with van der Waals surface area (Å²) in [5, 5.41) is 0. The van der Waals surface area contributed by atoms with Crippen molar-refractivity contribution < 1.29 is 18.8 Å². The largest absolute Gasteiger partial charge is 0.299 e. The molecule has 0 saturated carbocycles. The summed E-state index contributed by atoms with van der Waals surface area (Å²) in [6.07, 6.45) is 0.285. The van der Waals surface area contributed by atoms with Crippen LogP contribution < -0.4 is 4.90 Å². The lowest BCUT2D eigenvalue weighted by atomic mass is 10.1. The number of rotatable bonds is 3. The average Bonchev–Trinajstić information content (AvgIpc) is 2.54. The predicted octanol–water partition coefficient (Wildman–Crippen LogP) is 1.64. The van der Waals surface area contributed by atoms with Gasteiger partial charge in [-0.05, 0) is 24.6 Å². The summed E-state index contributed by atoms with van der Waals surface area (Å²) in [5.74, 6) is -2.22. The molecule has 1 aromatic carbocycles. The first-order chi connectivity index (χ1) is 8.45. The Kier molecular flexibility index (Phi) is 2.98. The highest BCUT2D eigenvalue weighted by atomic mass is 19.1. The van der Waals surface area contributed by atoms with Crippen molar-refractivity contribution in [3.63, 3.8) is 0 Å². The van der Waals surface area contributed by atoms with E-state index in [1.165, 1.54) is 6.07 Å². The second-order valence-electron chi connectivity index (χ2n) is 4.23. The molecule has 0 atom stereocenters. The minimum absolute atomic E-state index is 0.0430. The lowest BCUT2D eigenvalue weighted by molar-refractivity contribution is -0.120. The molecule has 4 nitrogen and oxygen atoms in total. The number of halogens is 1. The van der Waals surface area contributed by atoms with E-state index in [4.69, 9.17) is 0 Å². The summed E-state index contributed by atoms with van der Waals surface area (Å²) in [4.78, 5) is 36.1. The number of hydrogen-bond acceptors (Lipinski definition) is 3. The van der Waals surface area contributed by atoms with Gasteiger partial charge < -0.3 is 0 Å². The first-order valence-corrected chi connectivity index (χ1v) is 5.63. The van der Waals surface area contributed by atoms with Crippen LogP contribution in [0.5, 0.6) is 0 Å². The average molecular weight is 249 g/mol. The fourth-order valence-electron chi connectivity index (χ4n) is 2.05. The van der Waals surface area contributed by atoms with Gasteiger partial charge in [0, 0.05) is 6.42 Å². The summed E-state index contributed by atoms with van der Waals surface area (Å²) < 4.78 is 13.2. The van der Waals surface area contributed by atoms with Crippen molar-refractivity contribution >= 4 is 23.2 Å². The van der Waals surface area contributed by atoms with Gasteiger partial charge in [0.25, 0.3) is 11.7 Å². The third-order valence-electron chi connectivity index (χ3n) is 2.95. The number of ketones is 2. The molecule has 0 bridgehead atoms. The Morgan fingerprint density at radius 1 is 1.33 bits per heavy atom. The van der Waals surface area contributed by atoms with E-state index in [-0.39, 0.29) is 24.3 Å². The van der Waals surface area contributed by atoms with Crippen LogP contribution >= 0.6 is 0 Å². The summed E-state index contributed by atoms with van der Waals surface area (Å²) >= 11 is 0. The minimum Gasteiger partial charge on any atom is -0.298 e. The number of fused-ring (bicyclic) bond motifs is 1. The molecular formula is C13H12FNO3. The van der Waals surface area contributed by atoms with Crippen LogP contribution in [0.3, 0.4) is 0 Å². The van der Waals surface area contributed by atoms with Gasteiger partial charge in [0.05, 0.1) is 17.8 Å². The molecule has 0 aromatic heterocycles. The van der Waals surface area contributed by atoms with Crippen molar-refractivity contribution in [3.8, 4) is 0 Å². The Morgan fingerprint density at radius 3 is 2.61 bits per heavy atom. The van der Waals surface area contributed by atoms with Crippen LogP contribution in [0.4, 0.5) is 10.1 Å². The number of aryl methyl sites for hydroxylation is 1. The first kappa shape index (κ1) is 12.4. The third kappa shape index (κ3) is 1.81. The normalized spacial score (nSPS) is 14.1. The number of benzene rings is 1. The van der Waals surface area contributed by atoms with E-state index in [0.717, 1.165) is 11.0 Å². The molecule has 0 saturated heterocycles. The monoisotopic (exact) mass is 249 g/mol. The van der Waals surface area contributed by atoms with Crippen LogP contribution in [0.1, 0.15) is 29.3 Å². The molecular weight excluding hydrogens is 237 g/mol. The van der Waals surface area contributed by atoms with Crippen molar-refractivity contribution in [1.82, 2.24) is 0 Å². The minimum atomic E-state index is -0.763. The van der Waals surface area contributed by atoms with Crippen LogP contribution in [0.2, 0.25) is 0 Å². The lowest BCUT2D eigenvalue weighted by Crippen LogP contribution is -2.34. The summed E-state index contributed by atoms with van der Waals surface area (Å²) in [6, 6.07) is 2.28. The molecule has 18 heavy (non-hydrogen) atoms. The van der Waals surface area contributed by atoms with E-state index in [9.17, 15) is 18.8 Å². The van der Waals surface area contributed by atoms with E-state index in [2.05, 4.69) is 0 Å². The third-order valence-corrected chi connectivity index (χ3v) is 2.95. The Morgan fingerprint density at radius 2 is 2.00 bits per heavy atom. The van der Waals surface area contributed by atoms with E-state index < -0.39 is 17.5 Å². The van der Waals surface area contributed by atoms with E-state index >= 15 is 0 Å². The smallest absolute Gasteiger partial charge is 0.298 e. The van der Waals surface area contributed by atoms with Gasteiger partial charge in [-0.25, -0.2) is 4.39 Å². The predicted molar refractivity (Wildman–Crippen MR) is 63.1 cm³/mol. The van der Waals surface area contributed by atoms with E-state index in [1.54, 1.807) is 13.8 Å². The van der Waals surface area contributed by atoms with Crippen LogP contribution in [-0.4, -0.2) is 24.0 Å². The van der Waals surface area contributed by atoms with Crippen molar-refractivity contribution in [2.45, 2.75) is 20.3 Å². The zero-order chi connectivity index (χ0) is 13.4. The highest BCUT2D eigenvalue weighted by Gasteiger charge is 2.38. The molecule has 1 aliphatic heterocycles. The Hall–Kier alpha value is -2.04. The molecule has 1 aliphatic rings. The van der Waals surface area contributed by atoms with Crippen LogP contribution in [0.15, 0.2) is 12.1 Å². The SMILES string of the molecule is CCC(=O)CN1C(=O)C(=O)c2cc(F)cc(C)c21. The molecule has 0 radical (unpaired) electrons. The first-order valence-electron chi connectivity index (χ1n) is 5.63. The van der Waals surface area contributed by atoms with Crippen LogP contribution in [0.25, 0.3) is 0 Å². The second kappa shape index (κ2) is 4.33. The molecule has 0 N–H and O–H groups in total. The Balaban J connectivity index is 2.51. The number of Topliss-reactive ketones (excluding diaryl/α,β-unsaturated/α-hetero) is 2.